The van der Waals surface area contributed by atoms with E-state index in [0.717, 1.165) is 87.9 Å². The van der Waals surface area contributed by atoms with Crippen LogP contribution in [0.1, 0.15) is 92.1 Å². The van der Waals surface area contributed by atoms with Crippen molar-refractivity contribution in [2.75, 3.05) is 26.1 Å². The first-order valence-corrected chi connectivity index (χ1v) is 17.9. The number of carbonyl (C=O) groups excluding carboxylic acids is 1. The van der Waals surface area contributed by atoms with E-state index in [-0.39, 0.29) is 11.9 Å². The van der Waals surface area contributed by atoms with Crippen molar-refractivity contribution in [3.8, 4) is 5.75 Å². The lowest BCUT2D eigenvalue weighted by Crippen LogP contribution is -2.53. The van der Waals surface area contributed by atoms with Gasteiger partial charge >= 0.3 is 0 Å². The summed E-state index contributed by atoms with van der Waals surface area (Å²) < 4.78 is 17.2. The van der Waals surface area contributed by atoms with Gasteiger partial charge in [0.2, 0.25) is 0 Å². The molecular weight excluding hydrogens is 651 g/mol. The highest BCUT2D eigenvalue weighted by Crippen LogP contribution is 2.46. The standard InChI is InChI=1S/C32H40Cl2N6O3S2/c1-6-21-15-20(35-16-22-28(37-43-30(22)18-10-11-18)27-23(33)8-7-9-24(27)34)12-17(2)40(21)32-36-29-25(42-5)13-19(14-26(29)44-32)31(41)38-45-39(3)4/h8,13-14,17-18,20-21,35H,6-7,9-12,15-16H2,1-5H3,(H,38,41). The van der Waals surface area contributed by atoms with Crippen LogP contribution in [-0.2, 0) is 6.54 Å². The summed E-state index contributed by atoms with van der Waals surface area (Å²) in [7, 11) is 5.38. The molecule has 2 aliphatic carbocycles. The van der Waals surface area contributed by atoms with Crippen LogP contribution in [0.3, 0.4) is 0 Å². The number of nitrogens with one attached hydrogen (secondary N) is 2. The molecule has 3 unspecified atom stereocenters. The highest BCUT2D eigenvalue weighted by molar-refractivity contribution is 7.95. The summed E-state index contributed by atoms with van der Waals surface area (Å²) in [5.41, 5.74) is 4.02. The van der Waals surface area contributed by atoms with Crippen molar-refractivity contribution in [1.82, 2.24) is 24.5 Å². The normalized spacial score (nSPS) is 22.4. The summed E-state index contributed by atoms with van der Waals surface area (Å²) in [5, 5.41) is 10.7. The molecule has 2 fully saturated rings. The fraction of sp³-hybridized carbons (Fsp3) is 0.531. The number of hydrogen-bond donors (Lipinski definition) is 2. The van der Waals surface area contributed by atoms with Crippen LogP contribution in [0.25, 0.3) is 15.8 Å². The number of piperidine rings is 1. The molecule has 13 heteroatoms. The average molecular weight is 692 g/mol. The number of amides is 1. The lowest BCUT2D eigenvalue weighted by molar-refractivity contribution is 0.0983. The molecule has 1 amide bonds. The molecule has 3 heterocycles. The Morgan fingerprint density at radius 1 is 1.27 bits per heavy atom. The van der Waals surface area contributed by atoms with E-state index < -0.39 is 0 Å². The van der Waals surface area contributed by atoms with E-state index in [1.165, 1.54) is 12.1 Å². The molecule has 9 nitrogen and oxygen atoms in total. The molecular formula is C32H40Cl2N6O3S2. The van der Waals surface area contributed by atoms with Crippen molar-refractivity contribution >= 4 is 73.5 Å². The Hall–Kier alpha value is -2.28. The SMILES string of the molecule is CCC1CC(NCc2c(C3=C(Cl)CCC=C3Cl)noc2C2CC2)CC(C)N1c1nc2c(OC)cc(C(=O)NSN(C)C)cc2s1. The zero-order chi connectivity index (χ0) is 31.8. The third kappa shape index (κ3) is 6.89. The molecule has 3 aliphatic rings. The number of benzene rings is 1. The van der Waals surface area contributed by atoms with Crippen LogP contribution < -0.4 is 19.7 Å². The Morgan fingerprint density at radius 2 is 2.07 bits per heavy atom. The number of fused-ring (bicyclic) bond motifs is 1. The molecule has 1 saturated heterocycles. The van der Waals surface area contributed by atoms with E-state index in [4.69, 9.17) is 37.4 Å². The molecule has 0 spiro atoms. The first kappa shape index (κ1) is 32.7. The third-order valence-electron chi connectivity index (χ3n) is 8.76. The van der Waals surface area contributed by atoms with Crippen molar-refractivity contribution in [2.45, 2.75) is 89.4 Å². The minimum atomic E-state index is -0.170. The summed E-state index contributed by atoms with van der Waals surface area (Å²) >= 11 is 16.2. The van der Waals surface area contributed by atoms with E-state index in [1.54, 1.807) is 24.5 Å². The molecule has 1 aromatic carbocycles. The number of halogens is 2. The summed E-state index contributed by atoms with van der Waals surface area (Å²) in [4.78, 5) is 20.3. The number of hydrogen-bond acceptors (Lipinski definition) is 10. The van der Waals surface area contributed by atoms with E-state index in [2.05, 4.69) is 33.9 Å². The van der Waals surface area contributed by atoms with Gasteiger partial charge < -0.3 is 19.5 Å². The van der Waals surface area contributed by atoms with Gasteiger partial charge in [0.15, 0.2) is 5.13 Å². The van der Waals surface area contributed by atoms with Crippen LogP contribution >= 0.6 is 46.7 Å². The van der Waals surface area contributed by atoms with Gasteiger partial charge in [0.25, 0.3) is 5.91 Å². The van der Waals surface area contributed by atoms with Gasteiger partial charge in [0, 0.05) is 69.5 Å². The van der Waals surface area contributed by atoms with E-state index in [9.17, 15) is 4.79 Å². The van der Waals surface area contributed by atoms with Gasteiger partial charge in [-0.05, 0) is 78.1 Å². The highest BCUT2D eigenvalue weighted by atomic mass is 35.5. The second-order valence-corrected chi connectivity index (χ2v) is 15.2. The zero-order valence-corrected chi connectivity index (χ0v) is 29.4. The number of rotatable bonds is 11. The molecule has 3 atom stereocenters. The molecule has 2 aromatic heterocycles. The number of ether oxygens (including phenoxy) is 1. The molecule has 45 heavy (non-hydrogen) atoms. The first-order chi connectivity index (χ1) is 21.7. The Balaban J connectivity index is 1.20. The number of aromatic nitrogens is 2. The van der Waals surface area contributed by atoms with Gasteiger partial charge in [-0.3, -0.25) is 9.52 Å². The minimum absolute atomic E-state index is 0.170. The molecule has 6 rings (SSSR count). The van der Waals surface area contributed by atoms with Crippen LogP contribution in [0.15, 0.2) is 32.8 Å². The summed E-state index contributed by atoms with van der Waals surface area (Å²) in [6, 6.07) is 4.54. The molecule has 1 saturated carbocycles. The maximum absolute atomic E-state index is 12.8. The predicted octanol–water partition coefficient (Wildman–Crippen LogP) is 7.82. The van der Waals surface area contributed by atoms with Crippen LogP contribution in [0.4, 0.5) is 5.13 Å². The van der Waals surface area contributed by atoms with Crippen molar-refractivity contribution in [1.29, 1.82) is 0 Å². The van der Waals surface area contributed by atoms with Crippen LogP contribution in [0.5, 0.6) is 5.75 Å². The van der Waals surface area contributed by atoms with Crippen LogP contribution in [0.2, 0.25) is 0 Å². The number of carbonyl (C=O) groups is 1. The Bertz CT molecular complexity index is 1630. The molecule has 1 aliphatic heterocycles. The van der Waals surface area contributed by atoms with Crippen molar-refractivity contribution < 1.29 is 14.1 Å². The Morgan fingerprint density at radius 3 is 2.76 bits per heavy atom. The molecule has 0 radical (unpaired) electrons. The predicted molar refractivity (Wildman–Crippen MR) is 185 cm³/mol. The maximum atomic E-state index is 12.8. The number of thiazole rings is 1. The van der Waals surface area contributed by atoms with Gasteiger partial charge in [-0.1, -0.05) is 52.7 Å². The Labute approximate surface area is 283 Å². The van der Waals surface area contributed by atoms with E-state index >= 15 is 0 Å². The second-order valence-electron chi connectivity index (χ2n) is 12.2. The smallest absolute Gasteiger partial charge is 0.262 e. The summed E-state index contributed by atoms with van der Waals surface area (Å²) in [6.07, 6.45) is 8.80. The maximum Gasteiger partial charge on any atom is 0.262 e. The fourth-order valence-corrected chi connectivity index (χ4v) is 8.64. The largest absolute Gasteiger partial charge is 0.494 e. The summed E-state index contributed by atoms with van der Waals surface area (Å²) in [6.45, 7) is 5.17. The minimum Gasteiger partial charge on any atom is -0.494 e. The van der Waals surface area contributed by atoms with E-state index in [0.29, 0.717) is 40.9 Å². The highest BCUT2D eigenvalue weighted by Gasteiger charge is 2.37. The molecule has 3 aromatic rings. The molecule has 0 bridgehead atoms. The Kier molecular flexibility index (Phi) is 10.0. The van der Waals surface area contributed by atoms with Gasteiger partial charge in [0.05, 0.1) is 11.8 Å². The fourth-order valence-electron chi connectivity index (χ4n) is 6.40. The number of allylic oxidation sites excluding steroid dienone is 4. The monoisotopic (exact) mass is 690 g/mol. The van der Waals surface area contributed by atoms with E-state index in [1.807, 2.05) is 30.5 Å². The lowest BCUT2D eigenvalue weighted by Gasteiger charge is -2.44. The van der Waals surface area contributed by atoms with Crippen molar-refractivity contribution in [3.63, 3.8) is 0 Å². The quantitative estimate of drug-likeness (QED) is 0.195. The van der Waals surface area contributed by atoms with Gasteiger partial charge in [-0.15, -0.1) is 0 Å². The number of anilines is 1. The molecule has 242 valence electrons. The molecule has 2 N–H and O–H groups in total. The van der Waals surface area contributed by atoms with Gasteiger partial charge in [-0.25, -0.2) is 9.29 Å². The number of nitrogens with zero attached hydrogens (tertiary/aromatic N) is 4. The number of methoxy groups -OCH3 is 1. The summed E-state index contributed by atoms with van der Waals surface area (Å²) in [5.74, 6) is 1.83. The van der Waals surface area contributed by atoms with Crippen LogP contribution in [-0.4, -0.2) is 59.7 Å². The third-order valence-corrected chi connectivity index (χ3v) is 11.1. The topological polar surface area (TPSA) is 95.8 Å². The van der Waals surface area contributed by atoms with Crippen molar-refractivity contribution in [3.05, 3.63) is 50.9 Å². The van der Waals surface area contributed by atoms with Gasteiger partial charge in [0.1, 0.15) is 22.7 Å². The first-order valence-electron chi connectivity index (χ1n) is 15.6. The van der Waals surface area contributed by atoms with Crippen LogP contribution in [0, 0.1) is 0 Å². The lowest BCUT2D eigenvalue weighted by atomic mass is 9.90. The van der Waals surface area contributed by atoms with Crippen molar-refractivity contribution in [2.24, 2.45) is 0 Å². The second kappa shape index (κ2) is 13.8. The van der Waals surface area contributed by atoms with Gasteiger partial charge in [-0.2, -0.15) is 0 Å². The zero-order valence-electron chi connectivity index (χ0n) is 26.3. The average Bonchev–Trinajstić information content (AvgIpc) is 3.64.